The molecule has 0 bridgehead atoms. The van der Waals surface area contributed by atoms with Gasteiger partial charge in [0.2, 0.25) is 11.8 Å². The van der Waals surface area contributed by atoms with Gasteiger partial charge >= 0.3 is 0 Å². The Morgan fingerprint density at radius 2 is 1.74 bits per heavy atom. The minimum atomic E-state index is -0.167. The van der Waals surface area contributed by atoms with Crippen LogP contribution in [-0.2, 0) is 16.0 Å². The maximum atomic E-state index is 11.6. The van der Waals surface area contributed by atoms with E-state index in [2.05, 4.69) is 16.0 Å². The number of hydrogen-bond acceptors (Lipinski definition) is 3. The molecule has 0 saturated heterocycles. The Balaban J connectivity index is 2.14. The molecule has 1 aromatic carbocycles. The fourth-order valence-corrected chi connectivity index (χ4v) is 1.55. The zero-order valence-corrected chi connectivity index (χ0v) is 11.2. The average Bonchev–Trinajstić information content (AvgIpc) is 2.42. The summed E-state index contributed by atoms with van der Waals surface area (Å²) in [6.45, 7) is 4.22. The van der Waals surface area contributed by atoms with Crippen molar-refractivity contribution >= 4 is 11.8 Å². The van der Waals surface area contributed by atoms with Gasteiger partial charge in [0.15, 0.2) is 0 Å². The van der Waals surface area contributed by atoms with Gasteiger partial charge in [0.25, 0.3) is 0 Å². The van der Waals surface area contributed by atoms with Gasteiger partial charge < -0.3 is 16.0 Å². The minimum absolute atomic E-state index is 0.0256. The first-order valence-electron chi connectivity index (χ1n) is 6.50. The molecule has 19 heavy (non-hydrogen) atoms. The predicted octanol–water partition coefficient (Wildman–Crippen LogP) is 0.0710. The lowest BCUT2D eigenvalue weighted by Crippen LogP contribution is -2.40. The van der Waals surface area contributed by atoms with Gasteiger partial charge in [-0.05, 0) is 12.1 Å². The van der Waals surface area contributed by atoms with Crippen LogP contribution in [0.1, 0.15) is 12.5 Å². The van der Waals surface area contributed by atoms with Gasteiger partial charge in [0, 0.05) is 13.1 Å². The molecular formula is C14H21N3O2. The van der Waals surface area contributed by atoms with Crippen molar-refractivity contribution in [2.45, 2.75) is 13.3 Å². The fourth-order valence-electron chi connectivity index (χ4n) is 1.55. The van der Waals surface area contributed by atoms with Crippen LogP contribution in [0.4, 0.5) is 0 Å². The third-order valence-corrected chi connectivity index (χ3v) is 2.53. The number of likely N-dealkylation sites (N-methyl/N-ethyl adjacent to an activating group) is 1. The highest BCUT2D eigenvalue weighted by Crippen LogP contribution is 1.98. The van der Waals surface area contributed by atoms with Crippen molar-refractivity contribution in [3.63, 3.8) is 0 Å². The molecule has 0 radical (unpaired) electrons. The summed E-state index contributed by atoms with van der Waals surface area (Å²) in [5.41, 5.74) is 0.938. The molecule has 0 aliphatic carbocycles. The van der Waals surface area contributed by atoms with Gasteiger partial charge in [-0.15, -0.1) is 0 Å². The van der Waals surface area contributed by atoms with Crippen LogP contribution in [0, 0.1) is 0 Å². The van der Waals surface area contributed by atoms with Crippen molar-refractivity contribution in [3.05, 3.63) is 35.9 Å². The first-order chi connectivity index (χ1) is 9.22. The van der Waals surface area contributed by atoms with Crippen molar-refractivity contribution < 1.29 is 9.59 Å². The molecule has 0 unspecified atom stereocenters. The van der Waals surface area contributed by atoms with Crippen LogP contribution in [0.25, 0.3) is 0 Å². The van der Waals surface area contributed by atoms with Gasteiger partial charge in [-0.25, -0.2) is 0 Å². The zero-order chi connectivity index (χ0) is 13.9. The number of amides is 2. The summed E-state index contributed by atoms with van der Waals surface area (Å²) in [5.74, 6) is -0.313. The number of hydrogen-bond donors (Lipinski definition) is 3. The SMILES string of the molecule is CCNCCNC(=O)CNC(=O)Cc1ccccc1. The van der Waals surface area contributed by atoms with Gasteiger partial charge in [-0.2, -0.15) is 0 Å². The topological polar surface area (TPSA) is 70.2 Å². The van der Waals surface area contributed by atoms with Crippen LogP contribution >= 0.6 is 0 Å². The van der Waals surface area contributed by atoms with E-state index in [9.17, 15) is 9.59 Å². The summed E-state index contributed by atoms with van der Waals surface area (Å²) < 4.78 is 0. The molecule has 0 aliphatic rings. The standard InChI is InChI=1S/C14H21N3O2/c1-2-15-8-9-16-14(19)11-17-13(18)10-12-6-4-3-5-7-12/h3-7,15H,2,8-11H2,1H3,(H,16,19)(H,17,18). The number of rotatable bonds is 8. The second-order valence-corrected chi connectivity index (χ2v) is 4.14. The monoisotopic (exact) mass is 263 g/mol. The molecule has 0 aromatic heterocycles. The van der Waals surface area contributed by atoms with E-state index in [4.69, 9.17) is 0 Å². The van der Waals surface area contributed by atoms with Crippen LogP contribution in [0.2, 0.25) is 0 Å². The van der Waals surface area contributed by atoms with E-state index < -0.39 is 0 Å². The molecule has 1 aromatic rings. The molecule has 5 heteroatoms. The molecule has 0 atom stereocenters. The van der Waals surface area contributed by atoms with Crippen LogP contribution in [0.3, 0.4) is 0 Å². The highest BCUT2D eigenvalue weighted by Gasteiger charge is 2.05. The normalized spacial score (nSPS) is 9.95. The van der Waals surface area contributed by atoms with Crippen molar-refractivity contribution in [2.75, 3.05) is 26.2 Å². The Hall–Kier alpha value is -1.88. The van der Waals surface area contributed by atoms with Crippen LogP contribution in [0.5, 0.6) is 0 Å². The molecule has 0 fully saturated rings. The maximum Gasteiger partial charge on any atom is 0.239 e. The second-order valence-electron chi connectivity index (χ2n) is 4.14. The highest BCUT2D eigenvalue weighted by atomic mass is 16.2. The lowest BCUT2D eigenvalue weighted by atomic mass is 10.1. The fraction of sp³-hybridized carbons (Fsp3) is 0.429. The Labute approximate surface area is 113 Å². The Morgan fingerprint density at radius 3 is 2.42 bits per heavy atom. The number of nitrogens with one attached hydrogen (secondary N) is 3. The molecule has 104 valence electrons. The summed E-state index contributed by atoms with van der Waals surface area (Å²) in [6, 6.07) is 9.44. The molecule has 0 saturated carbocycles. The summed E-state index contributed by atoms with van der Waals surface area (Å²) in [7, 11) is 0. The predicted molar refractivity (Wildman–Crippen MR) is 74.7 cm³/mol. The molecule has 2 amide bonds. The summed E-state index contributed by atoms with van der Waals surface area (Å²) in [5, 5.41) is 8.42. The molecule has 0 aliphatic heterocycles. The molecule has 1 rings (SSSR count). The van der Waals surface area contributed by atoms with Crippen LogP contribution in [-0.4, -0.2) is 38.0 Å². The van der Waals surface area contributed by atoms with Gasteiger partial charge in [0.1, 0.15) is 0 Å². The minimum Gasteiger partial charge on any atom is -0.353 e. The largest absolute Gasteiger partial charge is 0.353 e. The van der Waals surface area contributed by atoms with E-state index in [0.717, 1.165) is 18.7 Å². The van der Waals surface area contributed by atoms with E-state index >= 15 is 0 Å². The van der Waals surface area contributed by atoms with E-state index in [-0.39, 0.29) is 18.4 Å². The Morgan fingerprint density at radius 1 is 1.00 bits per heavy atom. The third kappa shape index (κ3) is 7.21. The lowest BCUT2D eigenvalue weighted by Gasteiger charge is -2.07. The van der Waals surface area contributed by atoms with Gasteiger partial charge in [-0.1, -0.05) is 37.3 Å². The van der Waals surface area contributed by atoms with Crippen molar-refractivity contribution in [1.82, 2.24) is 16.0 Å². The first-order valence-corrected chi connectivity index (χ1v) is 6.50. The number of benzene rings is 1. The zero-order valence-electron chi connectivity index (χ0n) is 11.2. The molecule has 3 N–H and O–H groups in total. The maximum absolute atomic E-state index is 11.6. The van der Waals surface area contributed by atoms with Crippen LogP contribution < -0.4 is 16.0 Å². The van der Waals surface area contributed by atoms with E-state index in [1.165, 1.54) is 0 Å². The van der Waals surface area contributed by atoms with E-state index in [0.29, 0.717) is 13.0 Å². The Bertz CT molecular complexity index is 393. The third-order valence-electron chi connectivity index (χ3n) is 2.53. The summed E-state index contributed by atoms with van der Waals surface area (Å²) >= 11 is 0. The number of carbonyl (C=O) groups is 2. The average molecular weight is 263 g/mol. The van der Waals surface area contributed by atoms with Crippen LogP contribution in [0.15, 0.2) is 30.3 Å². The lowest BCUT2D eigenvalue weighted by molar-refractivity contribution is -0.125. The molecule has 0 spiro atoms. The van der Waals surface area contributed by atoms with Crippen molar-refractivity contribution in [2.24, 2.45) is 0 Å². The van der Waals surface area contributed by atoms with Crippen molar-refractivity contribution in [1.29, 1.82) is 0 Å². The second kappa shape index (κ2) is 9.10. The number of carbonyl (C=O) groups excluding carboxylic acids is 2. The summed E-state index contributed by atoms with van der Waals surface area (Å²) in [6.07, 6.45) is 0.297. The first kappa shape index (κ1) is 15.2. The molecule has 5 nitrogen and oxygen atoms in total. The smallest absolute Gasteiger partial charge is 0.239 e. The van der Waals surface area contributed by atoms with Gasteiger partial charge in [0.05, 0.1) is 13.0 Å². The van der Waals surface area contributed by atoms with Gasteiger partial charge in [-0.3, -0.25) is 9.59 Å². The van der Waals surface area contributed by atoms with Crippen molar-refractivity contribution in [3.8, 4) is 0 Å². The van der Waals surface area contributed by atoms with E-state index in [1.807, 2.05) is 37.3 Å². The summed E-state index contributed by atoms with van der Waals surface area (Å²) in [4.78, 5) is 23.0. The Kier molecular flexibility index (Phi) is 7.27. The highest BCUT2D eigenvalue weighted by molar-refractivity contribution is 5.85. The van der Waals surface area contributed by atoms with E-state index in [1.54, 1.807) is 0 Å². The molecule has 0 heterocycles. The molecular weight excluding hydrogens is 242 g/mol. The quantitative estimate of drug-likeness (QED) is 0.581.